The average Bonchev–Trinajstić information content (AvgIpc) is 3.03. The van der Waals surface area contributed by atoms with Crippen LogP contribution in [0.2, 0.25) is 0 Å². The van der Waals surface area contributed by atoms with Gasteiger partial charge < -0.3 is 4.98 Å². The van der Waals surface area contributed by atoms with Crippen molar-refractivity contribution in [1.29, 1.82) is 0 Å². The van der Waals surface area contributed by atoms with Crippen molar-refractivity contribution < 1.29 is 12.8 Å². The number of nitrogens with one attached hydrogen (secondary N) is 2. The fourth-order valence-corrected chi connectivity index (χ4v) is 4.53. The summed E-state index contributed by atoms with van der Waals surface area (Å²) in [6.07, 6.45) is 1.43. The van der Waals surface area contributed by atoms with Gasteiger partial charge in [-0.15, -0.1) is 0 Å². The molecule has 1 aromatic heterocycles. The Morgan fingerprint density at radius 1 is 1.00 bits per heavy atom. The summed E-state index contributed by atoms with van der Waals surface area (Å²) in [5, 5.41) is 2.51. The van der Waals surface area contributed by atoms with Crippen LogP contribution < -0.4 is 4.72 Å². The molecule has 25 heavy (non-hydrogen) atoms. The van der Waals surface area contributed by atoms with Crippen LogP contribution in [0.1, 0.15) is 0 Å². The third kappa shape index (κ3) is 2.87. The number of rotatable bonds is 3. The first-order valence-corrected chi connectivity index (χ1v) is 9.98. The van der Waals surface area contributed by atoms with Crippen LogP contribution in [0, 0.1) is 9.39 Å². The van der Waals surface area contributed by atoms with E-state index in [-0.39, 0.29) is 10.6 Å². The molecule has 0 saturated carbocycles. The number of hydrogen-bond acceptors (Lipinski definition) is 2. The lowest BCUT2D eigenvalue weighted by molar-refractivity contribution is 0.599. The van der Waals surface area contributed by atoms with Crippen molar-refractivity contribution in [1.82, 2.24) is 4.98 Å². The molecule has 0 atom stereocenters. The summed E-state index contributed by atoms with van der Waals surface area (Å²) < 4.78 is 42.5. The van der Waals surface area contributed by atoms with Crippen LogP contribution in [0.15, 0.2) is 65.7 Å². The first kappa shape index (κ1) is 16.3. The van der Waals surface area contributed by atoms with Crippen LogP contribution >= 0.6 is 22.6 Å². The lowest BCUT2D eigenvalue weighted by Gasteiger charge is -2.08. The van der Waals surface area contributed by atoms with Gasteiger partial charge in [-0.25, -0.2) is 12.8 Å². The molecular weight excluding hydrogens is 454 g/mol. The summed E-state index contributed by atoms with van der Waals surface area (Å²) in [5.41, 5.74) is 0.664. The van der Waals surface area contributed by atoms with Gasteiger partial charge in [0, 0.05) is 20.5 Å². The van der Waals surface area contributed by atoms with Gasteiger partial charge in [0.2, 0.25) is 0 Å². The fraction of sp³-hybridized carbons (Fsp3) is 0. The Morgan fingerprint density at radius 3 is 2.60 bits per heavy atom. The van der Waals surface area contributed by atoms with Gasteiger partial charge in [-0.05, 0) is 46.2 Å². The highest BCUT2D eigenvalue weighted by Crippen LogP contribution is 2.30. The first-order valence-electron chi connectivity index (χ1n) is 7.42. The number of aromatic amines is 1. The Balaban J connectivity index is 1.84. The third-order valence-electron chi connectivity index (χ3n) is 4.01. The molecule has 4 nitrogen and oxygen atoms in total. The molecule has 0 amide bonds. The van der Waals surface area contributed by atoms with Crippen molar-refractivity contribution in [2.45, 2.75) is 4.90 Å². The minimum Gasteiger partial charge on any atom is -0.359 e. The Morgan fingerprint density at radius 2 is 1.80 bits per heavy atom. The van der Waals surface area contributed by atoms with E-state index in [0.717, 1.165) is 16.3 Å². The van der Waals surface area contributed by atoms with Crippen LogP contribution in [0.25, 0.3) is 21.7 Å². The number of benzene rings is 3. The second-order valence-corrected chi connectivity index (χ2v) is 8.49. The number of hydrogen-bond donors (Lipinski definition) is 2. The third-order valence-corrected chi connectivity index (χ3v) is 6.08. The number of aromatic nitrogens is 1. The predicted octanol–water partition coefficient (Wildman–Crippen LogP) is 4.87. The van der Waals surface area contributed by atoms with E-state index in [1.165, 1.54) is 18.3 Å². The minimum atomic E-state index is -3.92. The zero-order valence-corrected chi connectivity index (χ0v) is 15.7. The molecule has 2 N–H and O–H groups in total. The van der Waals surface area contributed by atoms with Gasteiger partial charge in [-0.1, -0.05) is 36.4 Å². The second-order valence-electron chi connectivity index (χ2n) is 5.59. The molecule has 0 bridgehead atoms. The maximum Gasteiger partial charge on any atom is 0.264 e. The van der Waals surface area contributed by atoms with E-state index in [4.69, 9.17) is 0 Å². The highest BCUT2D eigenvalue weighted by atomic mass is 127. The zero-order chi connectivity index (χ0) is 17.6. The molecule has 0 aliphatic heterocycles. The summed E-state index contributed by atoms with van der Waals surface area (Å²) in [6, 6.07) is 15.7. The van der Waals surface area contributed by atoms with E-state index in [0.29, 0.717) is 8.96 Å². The molecule has 0 unspecified atom stereocenters. The van der Waals surface area contributed by atoms with Crippen molar-refractivity contribution in [3.8, 4) is 0 Å². The SMILES string of the molecule is O=S(=O)(Nc1ccc(I)cc1F)c1c[nH]c2c1ccc1ccccc12. The van der Waals surface area contributed by atoms with Crippen molar-refractivity contribution in [3.05, 3.63) is 70.2 Å². The quantitative estimate of drug-likeness (QED) is 0.424. The molecule has 0 radical (unpaired) electrons. The van der Waals surface area contributed by atoms with Crippen LogP contribution in [0.4, 0.5) is 10.1 Å². The topological polar surface area (TPSA) is 62.0 Å². The maximum atomic E-state index is 14.0. The van der Waals surface area contributed by atoms with E-state index >= 15 is 0 Å². The molecule has 0 saturated heterocycles. The van der Waals surface area contributed by atoms with Gasteiger partial charge in [-0.2, -0.15) is 0 Å². The minimum absolute atomic E-state index is 0.0736. The molecule has 0 fully saturated rings. The number of halogens is 2. The predicted molar refractivity (Wildman–Crippen MR) is 106 cm³/mol. The molecule has 0 aliphatic carbocycles. The normalized spacial score (nSPS) is 11.9. The van der Waals surface area contributed by atoms with Crippen molar-refractivity contribution in [2.75, 3.05) is 4.72 Å². The van der Waals surface area contributed by atoms with E-state index < -0.39 is 15.8 Å². The molecule has 7 heteroatoms. The van der Waals surface area contributed by atoms with Gasteiger partial charge in [0.1, 0.15) is 10.7 Å². The van der Waals surface area contributed by atoms with Crippen LogP contribution in [0.3, 0.4) is 0 Å². The Kier molecular flexibility index (Phi) is 3.92. The lowest BCUT2D eigenvalue weighted by Crippen LogP contribution is -2.13. The molecular formula is C18H12FIN2O2S. The molecule has 4 aromatic rings. The molecule has 0 spiro atoms. The number of H-pyrrole nitrogens is 1. The summed E-state index contributed by atoms with van der Waals surface area (Å²) in [7, 11) is -3.92. The molecule has 0 aliphatic rings. The summed E-state index contributed by atoms with van der Waals surface area (Å²) in [6.45, 7) is 0. The van der Waals surface area contributed by atoms with Gasteiger partial charge in [-0.3, -0.25) is 4.72 Å². The van der Waals surface area contributed by atoms with Gasteiger partial charge in [0.05, 0.1) is 11.2 Å². The maximum absolute atomic E-state index is 14.0. The largest absolute Gasteiger partial charge is 0.359 e. The highest BCUT2D eigenvalue weighted by molar-refractivity contribution is 14.1. The van der Waals surface area contributed by atoms with E-state index in [1.54, 1.807) is 12.1 Å². The van der Waals surface area contributed by atoms with Gasteiger partial charge in [0.25, 0.3) is 10.0 Å². The van der Waals surface area contributed by atoms with Gasteiger partial charge >= 0.3 is 0 Å². The Bertz CT molecular complexity index is 1220. The van der Waals surface area contributed by atoms with Crippen molar-refractivity contribution >= 4 is 60.0 Å². The molecule has 1 heterocycles. The van der Waals surface area contributed by atoms with E-state index in [9.17, 15) is 12.8 Å². The Labute approximate surface area is 157 Å². The van der Waals surface area contributed by atoms with Crippen LogP contribution in [-0.2, 0) is 10.0 Å². The molecule has 4 rings (SSSR count). The van der Waals surface area contributed by atoms with Crippen LogP contribution in [0.5, 0.6) is 0 Å². The van der Waals surface area contributed by atoms with Crippen LogP contribution in [-0.4, -0.2) is 13.4 Å². The van der Waals surface area contributed by atoms with Crippen molar-refractivity contribution in [3.63, 3.8) is 0 Å². The monoisotopic (exact) mass is 466 g/mol. The van der Waals surface area contributed by atoms with Gasteiger partial charge in [0.15, 0.2) is 0 Å². The molecule has 126 valence electrons. The summed E-state index contributed by atoms with van der Waals surface area (Å²) in [4.78, 5) is 3.12. The zero-order valence-electron chi connectivity index (χ0n) is 12.8. The van der Waals surface area contributed by atoms with Crippen molar-refractivity contribution in [2.24, 2.45) is 0 Å². The molecule has 3 aromatic carbocycles. The standard InChI is InChI=1S/C18H12FIN2O2S/c19-15-9-12(20)6-8-16(15)22-25(23,24)17-10-21-18-13-4-2-1-3-11(13)5-7-14(17)18/h1-10,21-22H. The lowest BCUT2D eigenvalue weighted by atomic mass is 10.1. The summed E-state index contributed by atoms with van der Waals surface area (Å²) >= 11 is 1.97. The fourth-order valence-electron chi connectivity index (χ4n) is 2.84. The summed E-state index contributed by atoms with van der Waals surface area (Å²) in [5.74, 6) is -0.610. The number of anilines is 1. The first-order chi connectivity index (χ1) is 12.0. The van der Waals surface area contributed by atoms with E-state index in [1.807, 2.05) is 52.9 Å². The Hall–Kier alpha value is -2.13. The second kappa shape index (κ2) is 5.99. The van der Waals surface area contributed by atoms with E-state index in [2.05, 4.69) is 9.71 Å². The number of sulfonamides is 1. The number of fused-ring (bicyclic) bond motifs is 3. The smallest absolute Gasteiger partial charge is 0.264 e. The highest BCUT2D eigenvalue weighted by Gasteiger charge is 2.21. The average molecular weight is 466 g/mol.